The Morgan fingerprint density at radius 3 is 2.28 bits per heavy atom. The van der Waals surface area contributed by atoms with E-state index in [2.05, 4.69) is 5.16 Å². The summed E-state index contributed by atoms with van der Waals surface area (Å²) < 4.78 is 0. The molecule has 3 rings (SSSR count). The van der Waals surface area contributed by atoms with Crippen LogP contribution in [0.2, 0.25) is 15.1 Å². The molecule has 1 aliphatic carbocycles. The standard InChI is InChI=1S/C13H6Cl3NO/c14-6-1-2-8-9(3-6)13(17-18)10-4-7(15)5-11(16)12(8)10/h1-5,18H/b17-13-. The molecule has 5 heteroatoms. The summed E-state index contributed by atoms with van der Waals surface area (Å²) in [5.74, 6) is 0. The minimum atomic E-state index is 0.437. The number of oxime groups is 1. The molecule has 90 valence electrons. The Labute approximate surface area is 118 Å². The molecule has 2 aromatic rings. The second-order valence-corrected chi connectivity index (χ2v) is 5.23. The summed E-state index contributed by atoms with van der Waals surface area (Å²) in [4.78, 5) is 0. The van der Waals surface area contributed by atoms with Gasteiger partial charge in [-0.05, 0) is 29.8 Å². The van der Waals surface area contributed by atoms with Crippen LogP contribution >= 0.6 is 34.8 Å². The van der Waals surface area contributed by atoms with Gasteiger partial charge in [0, 0.05) is 26.7 Å². The molecule has 1 N–H and O–H groups in total. The highest BCUT2D eigenvalue weighted by molar-refractivity contribution is 6.40. The maximum Gasteiger partial charge on any atom is 0.118 e. The van der Waals surface area contributed by atoms with Gasteiger partial charge in [-0.1, -0.05) is 46.0 Å². The molecule has 0 aliphatic heterocycles. The van der Waals surface area contributed by atoms with E-state index in [-0.39, 0.29) is 0 Å². The quantitative estimate of drug-likeness (QED) is 0.467. The largest absolute Gasteiger partial charge is 0.410 e. The van der Waals surface area contributed by atoms with Crippen LogP contribution in [0.1, 0.15) is 11.1 Å². The molecule has 0 radical (unpaired) electrons. The molecule has 0 saturated heterocycles. The van der Waals surface area contributed by atoms with Crippen molar-refractivity contribution in [2.45, 2.75) is 0 Å². The van der Waals surface area contributed by atoms with Crippen molar-refractivity contribution in [3.05, 3.63) is 56.5 Å². The van der Waals surface area contributed by atoms with Crippen molar-refractivity contribution in [1.29, 1.82) is 0 Å². The molecule has 0 heterocycles. The zero-order chi connectivity index (χ0) is 12.9. The predicted molar refractivity (Wildman–Crippen MR) is 74.3 cm³/mol. The van der Waals surface area contributed by atoms with Crippen LogP contribution in [0.4, 0.5) is 0 Å². The van der Waals surface area contributed by atoms with Gasteiger partial charge in [-0.3, -0.25) is 0 Å². The third-order valence-corrected chi connectivity index (χ3v) is 3.67. The Morgan fingerprint density at radius 2 is 1.56 bits per heavy atom. The molecule has 0 amide bonds. The zero-order valence-corrected chi connectivity index (χ0v) is 11.2. The first kappa shape index (κ1) is 11.8. The Kier molecular flexibility index (Phi) is 2.74. The Balaban J connectivity index is 2.42. The first-order valence-electron chi connectivity index (χ1n) is 5.13. The van der Waals surface area contributed by atoms with E-state index in [1.165, 1.54) is 0 Å². The number of benzene rings is 2. The van der Waals surface area contributed by atoms with Crippen LogP contribution in [0, 0.1) is 0 Å². The number of hydrogen-bond acceptors (Lipinski definition) is 2. The van der Waals surface area contributed by atoms with Crippen molar-refractivity contribution in [1.82, 2.24) is 0 Å². The fraction of sp³-hybridized carbons (Fsp3) is 0. The van der Waals surface area contributed by atoms with Crippen LogP contribution in [-0.2, 0) is 0 Å². The summed E-state index contributed by atoms with van der Waals surface area (Å²) in [6.45, 7) is 0. The Hall–Kier alpha value is -1.22. The molecular formula is C13H6Cl3NO. The van der Waals surface area contributed by atoms with Gasteiger partial charge in [0.05, 0.1) is 5.02 Å². The monoisotopic (exact) mass is 297 g/mol. The SMILES string of the molecule is O/N=C1/c2cc(Cl)ccc2-c2c(Cl)cc(Cl)cc21. The summed E-state index contributed by atoms with van der Waals surface area (Å²) in [5, 5.41) is 14.1. The second-order valence-electron chi connectivity index (χ2n) is 3.95. The molecule has 18 heavy (non-hydrogen) atoms. The van der Waals surface area contributed by atoms with Gasteiger partial charge in [0.25, 0.3) is 0 Å². The van der Waals surface area contributed by atoms with E-state index in [0.717, 1.165) is 16.7 Å². The summed E-state index contributed by atoms with van der Waals surface area (Å²) in [5.41, 5.74) is 3.62. The molecule has 0 aromatic heterocycles. The lowest BCUT2D eigenvalue weighted by Gasteiger charge is -2.03. The molecule has 0 atom stereocenters. The second kappa shape index (κ2) is 4.16. The van der Waals surface area contributed by atoms with E-state index in [1.807, 2.05) is 6.07 Å². The van der Waals surface area contributed by atoms with Gasteiger partial charge in [0.1, 0.15) is 5.71 Å². The van der Waals surface area contributed by atoms with Crippen LogP contribution < -0.4 is 0 Å². The van der Waals surface area contributed by atoms with Gasteiger partial charge in [0.15, 0.2) is 0 Å². The van der Waals surface area contributed by atoms with Crippen LogP contribution in [0.25, 0.3) is 11.1 Å². The van der Waals surface area contributed by atoms with Crippen molar-refractivity contribution >= 4 is 40.5 Å². The third kappa shape index (κ3) is 1.61. The van der Waals surface area contributed by atoms with Crippen LogP contribution in [-0.4, -0.2) is 10.9 Å². The third-order valence-electron chi connectivity index (χ3n) is 2.92. The zero-order valence-electron chi connectivity index (χ0n) is 8.92. The molecule has 0 bridgehead atoms. The summed E-state index contributed by atoms with van der Waals surface area (Å²) in [6, 6.07) is 8.77. The Morgan fingerprint density at radius 1 is 0.833 bits per heavy atom. The molecule has 2 aromatic carbocycles. The lowest BCUT2D eigenvalue weighted by Crippen LogP contribution is -1.97. The lowest BCUT2D eigenvalue weighted by molar-refractivity contribution is 0.320. The number of fused-ring (bicyclic) bond motifs is 3. The van der Waals surface area contributed by atoms with Crippen molar-refractivity contribution in [3.63, 3.8) is 0 Å². The van der Waals surface area contributed by atoms with Crippen molar-refractivity contribution in [2.75, 3.05) is 0 Å². The topological polar surface area (TPSA) is 32.6 Å². The highest BCUT2D eigenvalue weighted by atomic mass is 35.5. The Bertz CT molecular complexity index is 695. The first-order chi connectivity index (χ1) is 8.61. The van der Waals surface area contributed by atoms with Crippen molar-refractivity contribution in [3.8, 4) is 11.1 Å². The lowest BCUT2D eigenvalue weighted by atomic mass is 10.1. The van der Waals surface area contributed by atoms with E-state index in [9.17, 15) is 5.21 Å². The predicted octanol–water partition coefficient (Wildman–Crippen LogP) is 4.85. The van der Waals surface area contributed by atoms with Crippen molar-refractivity contribution < 1.29 is 5.21 Å². The molecule has 0 saturated carbocycles. The van der Waals surface area contributed by atoms with Gasteiger partial charge < -0.3 is 5.21 Å². The normalized spacial score (nSPS) is 14.7. The highest BCUT2D eigenvalue weighted by Crippen LogP contribution is 2.43. The maximum atomic E-state index is 9.19. The number of halogens is 3. The van der Waals surface area contributed by atoms with E-state index >= 15 is 0 Å². The molecule has 1 aliphatic rings. The van der Waals surface area contributed by atoms with Gasteiger partial charge in [0.2, 0.25) is 0 Å². The van der Waals surface area contributed by atoms with Gasteiger partial charge in [-0.15, -0.1) is 0 Å². The number of rotatable bonds is 0. The summed E-state index contributed by atoms with van der Waals surface area (Å²) >= 11 is 18.2. The van der Waals surface area contributed by atoms with E-state index in [0.29, 0.717) is 26.3 Å². The van der Waals surface area contributed by atoms with E-state index < -0.39 is 0 Å². The van der Waals surface area contributed by atoms with Gasteiger partial charge >= 0.3 is 0 Å². The van der Waals surface area contributed by atoms with Gasteiger partial charge in [-0.2, -0.15) is 0 Å². The average Bonchev–Trinajstić information content (AvgIpc) is 2.61. The fourth-order valence-corrected chi connectivity index (χ4v) is 2.98. The minimum absolute atomic E-state index is 0.437. The van der Waals surface area contributed by atoms with Crippen LogP contribution in [0.3, 0.4) is 0 Å². The fourth-order valence-electron chi connectivity index (χ4n) is 2.22. The van der Waals surface area contributed by atoms with Crippen LogP contribution in [0.15, 0.2) is 35.5 Å². The van der Waals surface area contributed by atoms with Gasteiger partial charge in [-0.25, -0.2) is 0 Å². The minimum Gasteiger partial charge on any atom is -0.410 e. The highest BCUT2D eigenvalue weighted by Gasteiger charge is 2.28. The van der Waals surface area contributed by atoms with Crippen molar-refractivity contribution in [2.24, 2.45) is 5.16 Å². The van der Waals surface area contributed by atoms with E-state index in [1.54, 1.807) is 24.3 Å². The van der Waals surface area contributed by atoms with E-state index in [4.69, 9.17) is 34.8 Å². The summed E-state index contributed by atoms with van der Waals surface area (Å²) in [6.07, 6.45) is 0. The first-order valence-corrected chi connectivity index (χ1v) is 6.27. The maximum absolute atomic E-state index is 9.19. The number of hydrogen-bond donors (Lipinski definition) is 1. The van der Waals surface area contributed by atoms with Crippen LogP contribution in [0.5, 0.6) is 0 Å². The molecular weight excluding hydrogens is 293 g/mol. The number of nitrogens with zero attached hydrogens (tertiary/aromatic N) is 1. The smallest absolute Gasteiger partial charge is 0.118 e. The molecule has 0 spiro atoms. The molecule has 2 nitrogen and oxygen atoms in total. The average molecular weight is 299 g/mol. The summed E-state index contributed by atoms with van der Waals surface area (Å²) in [7, 11) is 0. The molecule has 0 fully saturated rings. The molecule has 0 unspecified atom stereocenters.